The lowest BCUT2D eigenvalue weighted by Gasteiger charge is -2.33. The van der Waals surface area contributed by atoms with Crippen molar-refractivity contribution in [3.8, 4) is 17.4 Å². The number of furan rings is 1. The van der Waals surface area contributed by atoms with Gasteiger partial charge in [-0.25, -0.2) is 14.6 Å². The van der Waals surface area contributed by atoms with Crippen molar-refractivity contribution in [2.24, 2.45) is 10.7 Å². The van der Waals surface area contributed by atoms with E-state index in [4.69, 9.17) is 19.6 Å². The molecule has 0 aliphatic carbocycles. The van der Waals surface area contributed by atoms with Crippen LogP contribution in [0, 0.1) is 11.3 Å². The zero-order valence-corrected chi connectivity index (χ0v) is 18.9. The second-order valence-electron chi connectivity index (χ2n) is 7.09. The number of fused-ring (bicyclic) bond motifs is 1. The lowest BCUT2D eigenvalue weighted by atomic mass is 10.00. The molecule has 2 aromatic rings. The van der Waals surface area contributed by atoms with Gasteiger partial charge < -0.3 is 19.6 Å². The van der Waals surface area contributed by atoms with E-state index in [9.17, 15) is 14.9 Å². The molecule has 3 heterocycles. The molecular formula is C23H20N4O5S. The van der Waals surface area contributed by atoms with Crippen molar-refractivity contribution < 1.29 is 23.5 Å². The fraction of sp³-hybridized carbons (Fsp3) is 0.217. The number of allylic oxidation sites excluding steroid dienone is 2. The predicted octanol–water partition coefficient (Wildman–Crippen LogP) is 3.68. The zero-order valence-electron chi connectivity index (χ0n) is 18.1. The zero-order chi connectivity index (χ0) is 23.7. The third-order valence-corrected chi connectivity index (χ3v) is 6.14. The normalized spacial score (nSPS) is 17.5. The van der Waals surface area contributed by atoms with E-state index < -0.39 is 18.0 Å². The SMILES string of the molecule is CCOC(=O)C1=C(C)N=C2SC(C#N)=C(N)N2[C@H]1c1ccc(-c2ccc(C(=O)OC)cc2)o1. The molecule has 0 fully saturated rings. The van der Waals surface area contributed by atoms with Gasteiger partial charge in [0.1, 0.15) is 34.4 Å². The minimum absolute atomic E-state index is 0.193. The highest BCUT2D eigenvalue weighted by Crippen LogP contribution is 2.46. The van der Waals surface area contributed by atoms with Crippen LogP contribution in [0.3, 0.4) is 0 Å². The number of hydrogen-bond acceptors (Lipinski definition) is 10. The van der Waals surface area contributed by atoms with E-state index in [2.05, 4.69) is 11.1 Å². The van der Waals surface area contributed by atoms with Gasteiger partial charge in [-0.2, -0.15) is 5.26 Å². The minimum Gasteiger partial charge on any atom is -0.465 e. The number of amidine groups is 1. The molecule has 0 bridgehead atoms. The highest BCUT2D eigenvalue weighted by atomic mass is 32.2. The Morgan fingerprint density at radius 1 is 1.24 bits per heavy atom. The summed E-state index contributed by atoms with van der Waals surface area (Å²) in [6, 6.07) is 11.6. The number of carbonyl (C=O) groups is 2. The van der Waals surface area contributed by atoms with Crippen molar-refractivity contribution in [2.45, 2.75) is 19.9 Å². The molecule has 0 saturated carbocycles. The third-order valence-electron chi connectivity index (χ3n) is 5.16. The molecule has 9 nitrogen and oxygen atoms in total. The number of methoxy groups -OCH3 is 1. The molecule has 4 rings (SSSR count). The van der Waals surface area contributed by atoms with Crippen LogP contribution in [0.1, 0.15) is 36.0 Å². The van der Waals surface area contributed by atoms with Gasteiger partial charge in [0.25, 0.3) is 0 Å². The molecule has 0 radical (unpaired) electrons. The van der Waals surface area contributed by atoms with E-state index in [1.807, 2.05) is 0 Å². The topological polar surface area (TPSA) is 131 Å². The van der Waals surface area contributed by atoms with Crippen LogP contribution in [0.25, 0.3) is 11.3 Å². The van der Waals surface area contributed by atoms with E-state index in [1.54, 1.807) is 55.1 Å². The van der Waals surface area contributed by atoms with E-state index in [0.29, 0.717) is 32.9 Å². The fourth-order valence-electron chi connectivity index (χ4n) is 3.62. The Kier molecular flexibility index (Phi) is 5.98. The number of thioether (sulfide) groups is 1. The summed E-state index contributed by atoms with van der Waals surface area (Å²) in [6.07, 6.45) is 0. The number of nitrogens with zero attached hydrogens (tertiary/aromatic N) is 3. The third kappa shape index (κ3) is 3.87. The number of ether oxygens (including phenoxy) is 2. The van der Waals surface area contributed by atoms with Gasteiger partial charge >= 0.3 is 11.9 Å². The first kappa shape index (κ1) is 22.2. The number of carbonyl (C=O) groups excluding carboxylic acids is 2. The molecule has 2 aliphatic rings. The van der Waals surface area contributed by atoms with Gasteiger partial charge in [-0.15, -0.1) is 0 Å². The van der Waals surface area contributed by atoms with Crippen molar-refractivity contribution in [2.75, 3.05) is 13.7 Å². The highest BCUT2D eigenvalue weighted by Gasteiger charge is 2.44. The summed E-state index contributed by atoms with van der Waals surface area (Å²) in [5.41, 5.74) is 8.14. The molecule has 0 amide bonds. The Hall–Kier alpha value is -3.97. The first-order valence-electron chi connectivity index (χ1n) is 10.0. The summed E-state index contributed by atoms with van der Waals surface area (Å²) in [5, 5.41) is 9.93. The number of aliphatic imine (C=N–C) groups is 1. The van der Waals surface area contributed by atoms with Gasteiger partial charge in [-0.3, -0.25) is 4.90 Å². The summed E-state index contributed by atoms with van der Waals surface area (Å²) in [6.45, 7) is 3.62. The molecular weight excluding hydrogens is 444 g/mol. The number of nitrogens with two attached hydrogens (primary N) is 1. The molecule has 33 heavy (non-hydrogen) atoms. The van der Waals surface area contributed by atoms with E-state index >= 15 is 0 Å². The lowest BCUT2D eigenvalue weighted by Crippen LogP contribution is -2.38. The Labute approximate surface area is 194 Å². The lowest BCUT2D eigenvalue weighted by molar-refractivity contribution is -0.139. The molecule has 1 aromatic heterocycles. The van der Waals surface area contributed by atoms with E-state index in [-0.39, 0.29) is 18.0 Å². The molecule has 0 spiro atoms. The average molecular weight is 465 g/mol. The van der Waals surface area contributed by atoms with Crippen LogP contribution in [-0.2, 0) is 14.3 Å². The van der Waals surface area contributed by atoms with Gasteiger partial charge in [0.2, 0.25) is 0 Å². The predicted molar refractivity (Wildman–Crippen MR) is 121 cm³/mol. The Morgan fingerprint density at radius 2 is 1.97 bits per heavy atom. The van der Waals surface area contributed by atoms with Gasteiger partial charge in [-0.1, -0.05) is 12.1 Å². The van der Waals surface area contributed by atoms with Crippen LogP contribution in [0.4, 0.5) is 0 Å². The number of esters is 2. The van der Waals surface area contributed by atoms with Crippen molar-refractivity contribution >= 4 is 28.9 Å². The molecule has 10 heteroatoms. The van der Waals surface area contributed by atoms with Crippen LogP contribution in [-0.4, -0.2) is 35.7 Å². The van der Waals surface area contributed by atoms with Crippen LogP contribution in [0.15, 0.2) is 67.8 Å². The van der Waals surface area contributed by atoms with Crippen molar-refractivity contribution in [3.63, 3.8) is 0 Å². The standard InChI is InChI=1S/C23H20N4O5S/c1-4-31-22(29)18-12(2)26-23-27(20(25)17(11-24)33-23)19(18)16-10-9-15(32-16)13-5-7-14(8-6-13)21(28)30-3/h5-10,19H,4,25H2,1-3H3/t19-/m0/s1. The van der Waals surface area contributed by atoms with E-state index in [1.165, 1.54) is 7.11 Å². The van der Waals surface area contributed by atoms with Crippen LogP contribution in [0.5, 0.6) is 0 Å². The molecule has 2 N–H and O–H groups in total. The summed E-state index contributed by atoms with van der Waals surface area (Å²) < 4.78 is 16.1. The van der Waals surface area contributed by atoms with Crippen molar-refractivity contribution in [1.29, 1.82) is 5.26 Å². The Morgan fingerprint density at radius 3 is 2.61 bits per heavy atom. The number of nitriles is 1. The van der Waals surface area contributed by atoms with Gasteiger partial charge in [0.15, 0.2) is 5.17 Å². The average Bonchev–Trinajstić information content (AvgIpc) is 3.42. The van der Waals surface area contributed by atoms with Crippen LogP contribution < -0.4 is 5.73 Å². The van der Waals surface area contributed by atoms with Gasteiger partial charge in [-0.05, 0) is 49.9 Å². The number of rotatable bonds is 5. The summed E-state index contributed by atoms with van der Waals surface area (Å²) >= 11 is 1.14. The quantitative estimate of drug-likeness (QED) is 0.658. The molecule has 0 unspecified atom stereocenters. The van der Waals surface area contributed by atoms with Crippen LogP contribution in [0.2, 0.25) is 0 Å². The molecule has 1 atom stereocenters. The second-order valence-corrected chi connectivity index (χ2v) is 8.06. The first-order chi connectivity index (χ1) is 15.9. The smallest absolute Gasteiger partial charge is 0.338 e. The maximum atomic E-state index is 12.9. The minimum atomic E-state index is -0.752. The molecule has 0 saturated heterocycles. The molecule has 1 aromatic carbocycles. The molecule has 168 valence electrons. The van der Waals surface area contributed by atoms with Crippen molar-refractivity contribution in [1.82, 2.24) is 4.90 Å². The Balaban J connectivity index is 1.77. The molecule has 2 aliphatic heterocycles. The first-order valence-corrected chi connectivity index (χ1v) is 10.8. The maximum Gasteiger partial charge on any atom is 0.338 e. The Bertz CT molecular complexity index is 1270. The largest absolute Gasteiger partial charge is 0.465 e. The van der Waals surface area contributed by atoms with E-state index in [0.717, 1.165) is 17.3 Å². The number of benzene rings is 1. The fourth-order valence-corrected chi connectivity index (χ4v) is 4.54. The second kappa shape index (κ2) is 8.88. The van der Waals surface area contributed by atoms with Gasteiger partial charge in [0.05, 0.1) is 30.6 Å². The van der Waals surface area contributed by atoms with Crippen LogP contribution >= 0.6 is 11.8 Å². The highest BCUT2D eigenvalue weighted by molar-refractivity contribution is 8.17. The number of hydrogen-bond donors (Lipinski definition) is 1. The maximum absolute atomic E-state index is 12.9. The summed E-state index contributed by atoms with van der Waals surface area (Å²) in [7, 11) is 1.32. The summed E-state index contributed by atoms with van der Waals surface area (Å²) in [4.78, 5) is 30.9. The summed E-state index contributed by atoms with van der Waals surface area (Å²) in [5.74, 6) is 0.186. The van der Waals surface area contributed by atoms with Crippen molar-refractivity contribution in [3.05, 3.63) is 69.7 Å². The monoisotopic (exact) mass is 464 g/mol. The van der Waals surface area contributed by atoms with Gasteiger partial charge in [0, 0.05) is 5.56 Å².